The van der Waals surface area contributed by atoms with Crippen molar-refractivity contribution in [3.63, 3.8) is 0 Å². The van der Waals surface area contributed by atoms with Gasteiger partial charge in [-0.2, -0.15) is 0 Å². The third-order valence-corrected chi connectivity index (χ3v) is 6.39. The van der Waals surface area contributed by atoms with Crippen LogP contribution in [-0.4, -0.2) is 188 Å². The highest BCUT2D eigenvalue weighted by Gasteiger charge is 2.04. The van der Waals surface area contributed by atoms with Gasteiger partial charge >= 0.3 is 5.97 Å². The molecule has 0 atom stereocenters. The molecule has 52 heavy (non-hydrogen) atoms. The smallest absolute Gasteiger partial charge is 0.305 e. The number of aldehydes is 1. The van der Waals surface area contributed by atoms with Crippen LogP contribution in [0.2, 0.25) is 0 Å². The Morgan fingerprint density at radius 3 is 0.981 bits per heavy atom. The van der Waals surface area contributed by atoms with E-state index in [1.807, 2.05) is 0 Å². The van der Waals surface area contributed by atoms with Gasteiger partial charge in [-0.1, -0.05) is 12.1 Å². The minimum atomic E-state index is -0.880. The summed E-state index contributed by atoms with van der Waals surface area (Å²) in [6, 6.07) is 6.41. The Labute approximate surface area is 306 Å². The summed E-state index contributed by atoms with van der Waals surface area (Å²) in [5.41, 5.74) is 1.01. The number of carboxylic acid groups (broad SMARTS) is 1. The first-order chi connectivity index (χ1) is 25.6. The largest absolute Gasteiger partial charge is 0.481 e. The summed E-state index contributed by atoms with van der Waals surface area (Å²) in [5.74, 6) is -1.10. The topological polar surface area (TPSA) is 194 Å². The summed E-state index contributed by atoms with van der Waals surface area (Å²) in [7, 11) is 0. The Bertz CT molecular complexity index is 955. The van der Waals surface area contributed by atoms with Gasteiger partial charge in [-0.3, -0.25) is 14.4 Å². The number of amides is 1. The van der Waals surface area contributed by atoms with Crippen molar-refractivity contribution in [1.82, 2.24) is 5.32 Å². The molecule has 1 rings (SSSR count). The van der Waals surface area contributed by atoms with Crippen molar-refractivity contribution >= 4 is 18.2 Å². The van der Waals surface area contributed by atoms with Crippen molar-refractivity contribution in [2.75, 3.05) is 165 Å². The maximum absolute atomic E-state index is 12.0. The van der Waals surface area contributed by atoms with Crippen LogP contribution in [0.15, 0.2) is 24.3 Å². The molecule has 300 valence electrons. The van der Waals surface area contributed by atoms with Gasteiger partial charge < -0.3 is 67.3 Å². The molecular weight excluding hydrogens is 690 g/mol. The zero-order chi connectivity index (χ0) is 37.4. The highest BCUT2D eigenvalue weighted by molar-refractivity contribution is 5.94. The van der Waals surface area contributed by atoms with E-state index in [1.54, 1.807) is 24.3 Å². The predicted molar refractivity (Wildman–Crippen MR) is 186 cm³/mol. The molecular formula is C35H59NO16. The summed E-state index contributed by atoms with van der Waals surface area (Å²) >= 11 is 0. The average molecular weight is 750 g/mol. The minimum Gasteiger partial charge on any atom is -0.481 e. The molecule has 1 amide bonds. The Balaban J connectivity index is 1.65. The normalized spacial score (nSPS) is 11.2. The standard InChI is InChI=1S/C35H59NO16/c37-31-32-1-3-33(4-2-32)35(40)36-6-8-42-10-12-44-14-16-46-18-20-48-22-24-50-26-28-52-30-29-51-27-25-49-23-21-47-19-17-45-15-13-43-11-9-41-7-5-34(38)39/h1-4,31H,5-30H2,(H,36,40)(H,38,39). The van der Waals surface area contributed by atoms with Crippen LogP contribution in [0.25, 0.3) is 0 Å². The first-order valence-electron chi connectivity index (χ1n) is 17.6. The highest BCUT2D eigenvalue weighted by atomic mass is 16.6. The minimum absolute atomic E-state index is 0.00872. The Hall–Kier alpha value is -2.65. The first-order valence-corrected chi connectivity index (χ1v) is 17.6. The molecule has 0 bridgehead atoms. The van der Waals surface area contributed by atoms with Gasteiger partial charge in [0.25, 0.3) is 5.91 Å². The Kier molecular flexibility index (Phi) is 34.7. The number of benzene rings is 1. The van der Waals surface area contributed by atoms with E-state index in [9.17, 15) is 14.4 Å². The second kappa shape index (κ2) is 38.1. The van der Waals surface area contributed by atoms with Crippen molar-refractivity contribution in [1.29, 1.82) is 0 Å². The molecule has 17 nitrogen and oxygen atoms in total. The number of aliphatic carboxylic acids is 1. The van der Waals surface area contributed by atoms with E-state index in [4.69, 9.17) is 61.9 Å². The second-order valence-corrected chi connectivity index (χ2v) is 10.5. The van der Waals surface area contributed by atoms with Gasteiger partial charge in [0.05, 0.1) is 165 Å². The quantitative estimate of drug-likeness (QED) is 0.0708. The van der Waals surface area contributed by atoms with Crippen LogP contribution in [0.1, 0.15) is 27.1 Å². The molecule has 1 aromatic carbocycles. The van der Waals surface area contributed by atoms with Gasteiger partial charge in [-0.05, 0) is 12.1 Å². The van der Waals surface area contributed by atoms with Crippen LogP contribution in [0.5, 0.6) is 0 Å². The molecule has 0 aliphatic carbocycles. The van der Waals surface area contributed by atoms with E-state index in [0.717, 1.165) is 6.29 Å². The van der Waals surface area contributed by atoms with E-state index >= 15 is 0 Å². The number of carboxylic acids is 1. The molecule has 0 unspecified atom stereocenters. The van der Waals surface area contributed by atoms with Crippen LogP contribution in [0, 0.1) is 0 Å². The van der Waals surface area contributed by atoms with E-state index in [2.05, 4.69) is 5.32 Å². The lowest BCUT2D eigenvalue weighted by molar-refractivity contribution is -0.138. The van der Waals surface area contributed by atoms with Crippen molar-refractivity contribution in [3.05, 3.63) is 35.4 Å². The number of ether oxygens (including phenoxy) is 12. The third kappa shape index (κ3) is 33.2. The molecule has 0 saturated heterocycles. The lowest BCUT2D eigenvalue weighted by Gasteiger charge is -2.09. The molecule has 0 spiro atoms. The summed E-state index contributed by atoms with van der Waals surface area (Å²) in [6.45, 7) is 10.9. The van der Waals surface area contributed by atoms with Crippen LogP contribution < -0.4 is 5.32 Å². The van der Waals surface area contributed by atoms with Crippen LogP contribution in [0.3, 0.4) is 0 Å². The molecule has 0 aliphatic heterocycles. The molecule has 0 heterocycles. The Morgan fingerprint density at radius 1 is 0.442 bits per heavy atom. The first kappa shape index (κ1) is 47.4. The summed E-state index contributed by atoms with van der Waals surface area (Å²) in [4.78, 5) is 33.0. The van der Waals surface area contributed by atoms with Gasteiger partial charge in [-0.15, -0.1) is 0 Å². The SMILES string of the molecule is O=Cc1ccc(C(=O)NCCOCCOCCOCCOCCOCCOCCOCCOCCOCCOCCOCCOCCC(=O)O)cc1. The van der Waals surface area contributed by atoms with Crippen LogP contribution >= 0.6 is 0 Å². The monoisotopic (exact) mass is 749 g/mol. The zero-order valence-electron chi connectivity index (χ0n) is 30.3. The molecule has 17 heteroatoms. The van der Waals surface area contributed by atoms with Gasteiger partial charge in [-0.25, -0.2) is 0 Å². The second-order valence-electron chi connectivity index (χ2n) is 10.5. The average Bonchev–Trinajstić information content (AvgIpc) is 3.15. The van der Waals surface area contributed by atoms with E-state index in [-0.39, 0.29) is 18.9 Å². The lowest BCUT2D eigenvalue weighted by atomic mass is 10.1. The maximum Gasteiger partial charge on any atom is 0.305 e. The molecule has 2 N–H and O–H groups in total. The van der Waals surface area contributed by atoms with Gasteiger partial charge in [0, 0.05) is 17.7 Å². The van der Waals surface area contributed by atoms with Crippen molar-refractivity contribution in [2.24, 2.45) is 0 Å². The molecule has 0 aliphatic rings. The highest BCUT2D eigenvalue weighted by Crippen LogP contribution is 2.02. The molecule has 0 radical (unpaired) electrons. The fourth-order valence-electron chi connectivity index (χ4n) is 3.73. The van der Waals surface area contributed by atoms with Crippen molar-refractivity contribution in [2.45, 2.75) is 6.42 Å². The van der Waals surface area contributed by atoms with Crippen LogP contribution in [0.4, 0.5) is 0 Å². The molecule has 0 saturated carbocycles. The van der Waals surface area contributed by atoms with E-state index in [0.29, 0.717) is 170 Å². The summed E-state index contributed by atoms with van der Waals surface area (Å²) in [6.07, 6.45) is 0.724. The van der Waals surface area contributed by atoms with Crippen LogP contribution in [-0.2, 0) is 61.6 Å². The summed E-state index contributed by atoms with van der Waals surface area (Å²) in [5, 5.41) is 11.2. The number of hydrogen-bond acceptors (Lipinski definition) is 15. The lowest BCUT2D eigenvalue weighted by Crippen LogP contribution is -2.27. The van der Waals surface area contributed by atoms with Gasteiger partial charge in [0.15, 0.2) is 0 Å². The molecule has 1 aromatic rings. The van der Waals surface area contributed by atoms with E-state index in [1.165, 1.54) is 0 Å². The fraction of sp³-hybridized carbons (Fsp3) is 0.743. The van der Waals surface area contributed by atoms with Gasteiger partial charge in [0.1, 0.15) is 6.29 Å². The molecule has 0 aromatic heterocycles. The van der Waals surface area contributed by atoms with Gasteiger partial charge in [0.2, 0.25) is 0 Å². The molecule has 0 fully saturated rings. The number of hydrogen-bond donors (Lipinski definition) is 2. The predicted octanol–water partition coefficient (Wildman–Crippen LogP) is 0.903. The maximum atomic E-state index is 12.0. The number of carbonyl (C=O) groups is 3. The third-order valence-electron chi connectivity index (χ3n) is 6.39. The van der Waals surface area contributed by atoms with E-state index < -0.39 is 5.97 Å². The zero-order valence-corrected chi connectivity index (χ0v) is 30.3. The summed E-state index contributed by atoms with van der Waals surface area (Å²) < 4.78 is 64.9. The number of rotatable bonds is 41. The van der Waals surface area contributed by atoms with Crippen molar-refractivity contribution in [3.8, 4) is 0 Å². The number of carbonyl (C=O) groups excluding carboxylic acids is 2. The van der Waals surface area contributed by atoms with Crippen molar-refractivity contribution < 1.29 is 76.3 Å². The Morgan fingerprint density at radius 2 is 0.712 bits per heavy atom. The number of nitrogens with one attached hydrogen (secondary N) is 1. The fourth-order valence-corrected chi connectivity index (χ4v) is 3.73.